The van der Waals surface area contributed by atoms with Crippen molar-refractivity contribution in [3.05, 3.63) is 104 Å². The van der Waals surface area contributed by atoms with E-state index in [4.69, 9.17) is 11.6 Å². The average Bonchev–Trinajstić information content (AvgIpc) is 2.63. The maximum absolute atomic E-state index is 12.5. The zero-order valence-corrected chi connectivity index (χ0v) is 14.4. The highest BCUT2D eigenvalue weighted by Gasteiger charge is 2.17. The summed E-state index contributed by atoms with van der Waals surface area (Å²) >= 11 is 6.09. The molecule has 1 amide bonds. The van der Waals surface area contributed by atoms with Crippen molar-refractivity contribution in [2.75, 3.05) is 0 Å². The molecule has 0 spiro atoms. The van der Waals surface area contributed by atoms with Crippen molar-refractivity contribution in [2.45, 2.75) is 12.6 Å². The lowest BCUT2D eigenvalue weighted by molar-refractivity contribution is -0.122. The topological polar surface area (TPSA) is 84.0 Å². The fourth-order valence-corrected chi connectivity index (χ4v) is 2.82. The van der Waals surface area contributed by atoms with Gasteiger partial charge in [0.2, 0.25) is 5.91 Å². The monoisotopic (exact) mass is 369 g/mol. The van der Waals surface area contributed by atoms with Gasteiger partial charge in [0.25, 0.3) is 5.56 Å². The van der Waals surface area contributed by atoms with Gasteiger partial charge in [0.15, 0.2) is 0 Å². The molecule has 0 radical (unpaired) electrons. The first-order valence-electron chi connectivity index (χ1n) is 7.92. The van der Waals surface area contributed by atoms with Gasteiger partial charge in [0.05, 0.1) is 6.04 Å². The number of halogens is 1. The van der Waals surface area contributed by atoms with Crippen molar-refractivity contribution >= 4 is 17.5 Å². The predicted molar refractivity (Wildman–Crippen MR) is 99.2 cm³/mol. The number of hydrogen-bond acceptors (Lipinski definition) is 3. The van der Waals surface area contributed by atoms with Gasteiger partial charge in [-0.25, -0.2) is 4.79 Å². The average molecular weight is 370 g/mol. The standard InChI is InChI=1S/C19H16ClN3O3/c20-15-8-4-7-14(11-15)18(13-5-2-1-3-6-13)21-17(25)12-23-10-9-16(24)22-19(23)26/h1-11,18H,12H2,(H,21,25)(H,22,24,26). The Morgan fingerprint density at radius 1 is 1.04 bits per heavy atom. The molecule has 0 saturated heterocycles. The van der Waals surface area contributed by atoms with Crippen LogP contribution in [0.4, 0.5) is 0 Å². The largest absolute Gasteiger partial charge is 0.344 e. The molecule has 0 fully saturated rings. The van der Waals surface area contributed by atoms with E-state index in [-0.39, 0.29) is 12.5 Å². The molecule has 1 unspecified atom stereocenters. The Morgan fingerprint density at radius 2 is 1.77 bits per heavy atom. The molecule has 3 rings (SSSR count). The first-order valence-corrected chi connectivity index (χ1v) is 8.30. The maximum atomic E-state index is 12.5. The number of nitrogens with one attached hydrogen (secondary N) is 2. The number of aromatic nitrogens is 2. The second-order valence-electron chi connectivity index (χ2n) is 5.70. The molecule has 26 heavy (non-hydrogen) atoms. The van der Waals surface area contributed by atoms with Crippen molar-refractivity contribution in [1.29, 1.82) is 0 Å². The number of H-pyrrole nitrogens is 1. The van der Waals surface area contributed by atoms with E-state index in [1.54, 1.807) is 12.1 Å². The van der Waals surface area contributed by atoms with Crippen LogP contribution in [0.3, 0.4) is 0 Å². The first-order chi connectivity index (χ1) is 12.5. The van der Waals surface area contributed by atoms with Crippen molar-refractivity contribution in [3.63, 3.8) is 0 Å². The van der Waals surface area contributed by atoms with E-state index in [2.05, 4.69) is 10.3 Å². The van der Waals surface area contributed by atoms with Crippen LogP contribution in [-0.4, -0.2) is 15.5 Å². The molecule has 1 aromatic heterocycles. The second-order valence-corrected chi connectivity index (χ2v) is 6.14. The predicted octanol–water partition coefficient (Wildman–Crippen LogP) is 2.10. The molecule has 0 aliphatic carbocycles. The fraction of sp³-hybridized carbons (Fsp3) is 0.105. The number of nitrogens with zero attached hydrogens (tertiary/aromatic N) is 1. The van der Waals surface area contributed by atoms with Crippen molar-refractivity contribution in [1.82, 2.24) is 14.9 Å². The highest BCUT2D eigenvalue weighted by molar-refractivity contribution is 6.30. The highest BCUT2D eigenvalue weighted by atomic mass is 35.5. The summed E-state index contributed by atoms with van der Waals surface area (Å²) in [7, 11) is 0. The third-order valence-electron chi connectivity index (χ3n) is 3.83. The van der Waals surface area contributed by atoms with Crippen LogP contribution in [0.2, 0.25) is 5.02 Å². The summed E-state index contributed by atoms with van der Waals surface area (Å²) in [5.74, 6) is -0.368. The smallest absolute Gasteiger partial charge is 0.328 e. The summed E-state index contributed by atoms with van der Waals surface area (Å²) in [6.07, 6.45) is 1.29. The lowest BCUT2D eigenvalue weighted by Crippen LogP contribution is -2.37. The fourth-order valence-electron chi connectivity index (χ4n) is 2.62. The lowest BCUT2D eigenvalue weighted by Gasteiger charge is -2.20. The van der Waals surface area contributed by atoms with Gasteiger partial charge in [0.1, 0.15) is 6.54 Å². The number of aromatic amines is 1. The van der Waals surface area contributed by atoms with E-state index in [1.165, 1.54) is 12.3 Å². The van der Waals surface area contributed by atoms with Crippen LogP contribution in [-0.2, 0) is 11.3 Å². The number of carbonyl (C=O) groups excluding carboxylic acids is 1. The summed E-state index contributed by atoms with van der Waals surface area (Å²) in [4.78, 5) is 37.5. The Labute approximate surface area is 154 Å². The normalized spacial score (nSPS) is 11.7. The zero-order chi connectivity index (χ0) is 18.5. The number of rotatable bonds is 5. The molecular weight excluding hydrogens is 354 g/mol. The molecule has 132 valence electrons. The van der Waals surface area contributed by atoms with Gasteiger partial charge in [-0.15, -0.1) is 0 Å². The van der Waals surface area contributed by atoms with Gasteiger partial charge in [-0.1, -0.05) is 54.1 Å². The van der Waals surface area contributed by atoms with E-state index in [9.17, 15) is 14.4 Å². The van der Waals surface area contributed by atoms with E-state index in [0.29, 0.717) is 5.02 Å². The Bertz CT molecular complexity index is 1030. The number of hydrogen-bond donors (Lipinski definition) is 2. The third kappa shape index (κ3) is 4.29. The van der Waals surface area contributed by atoms with E-state index in [0.717, 1.165) is 15.7 Å². The van der Waals surface area contributed by atoms with E-state index >= 15 is 0 Å². The Balaban J connectivity index is 1.87. The van der Waals surface area contributed by atoms with Crippen LogP contribution in [0.15, 0.2) is 76.4 Å². The molecule has 2 N–H and O–H groups in total. The van der Waals surface area contributed by atoms with E-state index in [1.807, 2.05) is 42.5 Å². The van der Waals surface area contributed by atoms with Crippen LogP contribution < -0.4 is 16.6 Å². The summed E-state index contributed by atoms with van der Waals surface area (Å²) in [5, 5.41) is 3.48. The molecular formula is C19H16ClN3O3. The van der Waals surface area contributed by atoms with Crippen LogP contribution in [0.5, 0.6) is 0 Å². The molecule has 0 bridgehead atoms. The van der Waals surface area contributed by atoms with E-state index < -0.39 is 17.3 Å². The summed E-state index contributed by atoms with van der Waals surface area (Å²) in [6, 6.07) is 17.5. The lowest BCUT2D eigenvalue weighted by atomic mass is 9.98. The van der Waals surface area contributed by atoms with Gasteiger partial charge < -0.3 is 5.32 Å². The molecule has 7 heteroatoms. The molecule has 2 aromatic carbocycles. The van der Waals surface area contributed by atoms with Gasteiger partial charge in [-0.05, 0) is 23.3 Å². The van der Waals surface area contributed by atoms with Gasteiger partial charge in [0, 0.05) is 17.3 Å². The zero-order valence-electron chi connectivity index (χ0n) is 13.7. The molecule has 0 aliphatic rings. The highest BCUT2D eigenvalue weighted by Crippen LogP contribution is 2.24. The molecule has 6 nitrogen and oxygen atoms in total. The van der Waals surface area contributed by atoms with Crippen molar-refractivity contribution in [3.8, 4) is 0 Å². The summed E-state index contributed by atoms with van der Waals surface area (Å²) in [5.41, 5.74) is 0.571. The van der Waals surface area contributed by atoms with Crippen LogP contribution in [0.25, 0.3) is 0 Å². The van der Waals surface area contributed by atoms with Gasteiger partial charge in [-0.3, -0.25) is 19.1 Å². The molecule has 0 aliphatic heterocycles. The maximum Gasteiger partial charge on any atom is 0.328 e. The molecule has 1 atom stereocenters. The van der Waals surface area contributed by atoms with Crippen LogP contribution in [0.1, 0.15) is 17.2 Å². The molecule has 0 saturated carbocycles. The van der Waals surface area contributed by atoms with Crippen LogP contribution in [0, 0.1) is 0 Å². The Hall–Kier alpha value is -3.12. The summed E-state index contributed by atoms with van der Waals surface area (Å²) < 4.78 is 1.14. The number of carbonyl (C=O) groups is 1. The SMILES string of the molecule is O=C(Cn1ccc(=O)[nH]c1=O)NC(c1ccccc1)c1cccc(Cl)c1. The minimum Gasteiger partial charge on any atom is -0.344 e. The quantitative estimate of drug-likeness (QED) is 0.722. The summed E-state index contributed by atoms with van der Waals surface area (Å²) in [6.45, 7) is -0.209. The van der Waals surface area contributed by atoms with Crippen molar-refractivity contribution < 1.29 is 4.79 Å². The number of benzene rings is 2. The third-order valence-corrected chi connectivity index (χ3v) is 4.07. The first kappa shape index (κ1) is 17.7. The Morgan fingerprint density at radius 3 is 2.46 bits per heavy atom. The second kappa shape index (κ2) is 7.84. The minimum absolute atomic E-state index is 0.209. The Kier molecular flexibility index (Phi) is 5.34. The molecule has 3 aromatic rings. The van der Waals surface area contributed by atoms with Crippen molar-refractivity contribution in [2.24, 2.45) is 0 Å². The molecule has 1 heterocycles. The van der Waals surface area contributed by atoms with Gasteiger partial charge in [-0.2, -0.15) is 0 Å². The minimum atomic E-state index is -0.633. The van der Waals surface area contributed by atoms with Gasteiger partial charge >= 0.3 is 5.69 Å². The van der Waals surface area contributed by atoms with Crippen LogP contribution >= 0.6 is 11.6 Å². The number of amides is 1.